The highest BCUT2D eigenvalue weighted by Gasteiger charge is 2.15. The van der Waals surface area contributed by atoms with E-state index < -0.39 is 0 Å². The van der Waals surface area contributed by atoms with Crippen LogP contribution in [0.2, 0.25) is 0 Å². The number of ether oxygens (including phenoxy) is 1. The molecule has 4 nitrogen and oxygen atoms in total. The molecule has 0 aliphatic rings. The third-order valence-electron chi connectivity index (χ3n) is 4.13. The number of rotatable bonds is 4. The number of hydrogen-bond acceptors (Lipinski definition) is 4. The smallest absolute Gasteiger partial charge is 0.226 e. The van der Waals surface area contributed by atoms with Gasteiger partial charge in [-0.2, -0.15) is 0 Å². The van der Waals surface area contributed by atoms with Crippen LogP contribution in [0.4, 0.5) is 5.69 Å². The number of hydrogen-bond donors (Lipinski definition) is 1. The maximum absolute atomic E-state index is 6.14. The Balaban J connectivity index is 1.61. The number of benzene rings is 3. The zero-order valence-electron chi connectivity index (χ0n) is 13.8. The monoisotopic (exact) mass is 330 g/mol. The molecule has 25 heavy (non-hydrogen) atoms. The quantitative estimate of drug-likeness (QED) is 0.521. The number of fused-ring (bicyclic) bond motifs is 1. The van der Waals surface area contributed by atoms with Crippen molar-refractivity contribution in [2.24, 2.45) is 0 Å². The molecule has 0 fully saturated rings. The van der Waals surface area contributed by atoms with Crippen LogP contribution in [0.5, 0.6) is 5.75 Å². The highest BCUT2D eigenvalue weighted by atomic mass is 16.5. The highest BCUT2D eigenvalue weighted by Crippen LogP contribution is 2.31. The van der Waals surface area contributed by atoms with Crippen molar-refractivity contribution in [3.05, 3.63) is 78.7 Å². The van der Waals surface area contributed by atoms with Crippen LogP contribution < -0.4 is 10.5 Å². The van der Waals surface area contributed by atoms with E-state index >= 15 is 0 Å². The fraction of sp³-hybridized carbons (Fsp3) is 0.0952. The lowest BCUT2D eigenvalue weighted by atomic mass is 10.1. The molecule has 1 heterocycles. The van der Waals surface area contributed by atoms with Crippen molar-refractivity contribution >= 4 is 16.5 Å². The number of nitrogens with two attached hydrogens (primary N) is 1. The second-order valence-corrected chi connectivity index (χ2v) is 5.94. The number of aromatic nitrogens is 1. The molecule has 4 heteroatoms. The Bertz CT molecular complexity index is 1010. The minimum absolute atomic E-state index is 0.232. The molecule has 0 saturated carbocycles. The average Bonchev–Trinajstić information content (AvgIpc) is 3.13. The highest BCUT2D eigenvalue weighted by molar-refractivity contribution is 5.90. The summed E-state index contributed by atoms with van der Waals surface area (Å²) >= 11 is 0. The van der Waals surface area contributed by atoms with E-state index in [1.54, 1.807) is 6.26 Å². The summed E-state index contributed by atoms with van der Waals surface area (Å²) in [5.41, 5.74) is 8.30. The van der Waals surface area contributed by atoms with Crippen LogP contribution in [0.15, 0.2) is 77.4 Å². The Kier molecular flexibility index (Phi) is 3.86. The third kappa shape index (κ3) is 3.06. The first-order valence-electron chi connectivity index (χ1n) is 8.16. The molecule has 124 valence electrons. The second-order valence-electron chi connectivity index (χ2n) is 5.94. The molecule has 1 unspecified atom stereocenters. The normalized spacial score (nSPS) is 12.2. The minimum Gasteiger partial charge on any atom is -0.484 e. The molecule has 0 aliphatic heterocycles. The van der Waals surface area contributed by atoms with Gasteiger partial charge in [-0.3, -0.25) is 0 Å². The van der Waals surface area contributed by atoms with Gasteiger partial charge in [0.05, 0.1) is 0 Å². The lowest BCUT2D eigenvalue weighted by molar-refractivity contribution is 0.224. The maximum atomic E-state index is 6.14. The fourth-order valence-corrected chi connectivity index (χ4v) is 2.81. The number of oxazole rings is 1. The van der Waals surface area contributed by atoms with Crippen LogP contribution >= 0.6 is 0 Å². The van der Waals surface area contributed by atoms with Gasteiger partial charge in [0.2, 0.25) is 5.89 Å². The van der Waals surface area contributed by atoms with Crippen molar-refractivity contribution in [3.63, 3.8) is 0 Å². The predicted octanol–water partition coefficient (Wildman–Crippen LogP) is 5.22. The largest absolute Gasteiger partial charge is 0.484 e. The van der Waals surface area contributed by atoms with E-state index in [0.717, 1.165) is 33.5 Å². The van der Waals surface area contributed by atoms with E-state index in [-0.39, 0.29) is 6.10 Å². The Morgan fingerprint density at radius 1 is 1.00 bits per heavy atom. The van der Waals surface area contributed by atoms with Crippen molar-refractivity contribution in [1.82, 2.24) is 4.98 Å². The molecule has 4 rings (SSSR count). The van der Waals surface area contributed by atoms with Gasteiger partial charge in [0.25, 0.3) is 0 Å². The predicted molar refractivity (Wildman–Crippen MR) is 99.3 cm³/mol. The second kappa shape index (κ2) is 6.32. The summed E-state index contributed by atoms with van der Waals surface area (Å²) in [6.45, 7) is 1.96. The summed E-state index contributed by atoms with van der Waals surface area (Å²) in [5, 5.41) is 2.07. The maximum Gasteiger partial charge on any atom is 0.226 e. The molecule has 1 aromatic heterocycles. The molecule has 3 aromatic carbocycles. The number of nitrogens with zero attached hydrogens (tertiary/aromatic N) is 1. The Hall–Kier alpha value is -3.27. The molecule has 0 spiro atoms. The van der Waals surface area contributed by atoms with Crippen molar-refractivity contribution < 1.29 is 9.15 Å². The van der Waals surface area contributed by atoms with Gasteiger partial charge >= 0.3 is 0 Å². The summed E-state index contributed by atoms with van der Waals surface area (Å²) in [6.07, 6.45) is 1.42. The molecule has 0 radical (unpaired) electrons. The summed E-state index contributed by atoms with van der Waals surface area (Å²) in [5.74, 6) is 1.39. The molecule has 2 N–H and O–H groups in total. The van der Waals surface area contributed by atoms with Crippen LogP contribution in [-0.4, -0.2) is 4.98 Å². The summed E-state index contributed by atoms with van der Waals surface area (Å²) in [6, 6.07) is 21.5. The van der Waals surface area contributed by atoms with Gasteiger partial charge in [-0.05, 0) is 48.7 Å². The van der Waals surface area contributed by atoms with E-state index in [1.165, 1.54) is 0 Å². The van der Waals surface area contributed by atoms with Gasteiger partial charge in [-0.25, -0.2) is 4.98 Å². The van der Waals surface area contributed by atoms with Crippen LogP contribution in [0.25, 0.3) is 22.2 Å². The number of anilines is 1. The van der Waals surface area contributed by atoms with Crippen molar-refractivity contribution in [2.45, 2.75) is 13.0 Å². The summed E-state index contributed by atoms with van der Waals surface area (Å²) < 4.78 is 11.7. The molecule has 0 aliphatic carbocycles. The van der Waals surface area contributed by atoms with Gasteiger partial charge in [-0.15, -0.1) is 0 Å². The third-order valence-corrected chi connectivity index (χ3v) is 4.13. The zero-order valence-corrected chi connectivity index (χ0v) is 13.8. The van der Waals surface area contributed by atoms with Crippen LogP contribution in [0.3, 0.4) is 0 Å². The van der Waals surface area contributed by atoms with Gasteiger partial charge in [0.1, 0.15) is 23.8 Å². The van der Waals surface area contributed by atoms with Crippen LogP contribution in [0.1, 0.15) is 18.7 Å². The van der Waals surface area contributed by atoms with E-state index in [1.807, 2.05) is 73.7 Å². The van der Waals surface area contributed by atoms with Crippen molar-refractivity contribution in [1.29, 1.82) is 0 Å². The molecular weight excluding hydrogens is 312 g/mol. The first kappa shape index (κ1) is 15.3. The summed E-state index contributed by atoms with van der Waals surface area (Å²) in [4.78, 5) is 4.56. The standard InChI is InChI=1S/C21H18N2O2/c1-14(19-13-24-21(23-19)15-6-3-2-4-7-15)25-20-9-5-8-16-12-17(22)10-11-18(16)20/h2-14H,22H2,1H3. The number of nitrogen functional groups attached to an aromatic ring is 1. The SMILES string of the molecule is CC(Oc1cccc2cc(N)ccc12)c1coc(-c2ccccc2)n1. The summed E-state index contributed by atoms with van der Waals surface area (Å²) in [7, 11) is 0. The van der Waals surface area contributed by atoms with Gasteiger partial charge in [0, 0.05) is 16.6 Å². The van der Waals surface area contributed by atoms with Crippen LogP contribution in [-0.2, 0) is 0 Å². The Labute approximate surface area is 145 Å². The minimum atomic E-state index is -0.232. The first-order chi connectivity index (χ1) is 12.2. The van der Waals surface area contributed by atoms with E-state index in [4.69, 9.17) is 14.9 Å². The fourth-order valence-electron chi connectivity index (χ4n) is 2.81. The first-order valence-corrected chi connectivity index (χ1v) is 8.16. The molecule has 0 amide bonds. The molecule has 0 bridgehead atoms. The Morgan fingerprint density at radius 3 is 2.68 bits per heavy atom. The molecule has 4 aromatic rings. The van der Waals surface area contributed by atoms with Crippen molar-refractivity contribution in [2.75, 3.05) is 5.73 Å². The van der Waals surface area contributed by atoms with Crippen LogP contribution in [0, 0.1) is 0 Å². The molecular formula is C21H18N2O2. The lowest BCUT2D eigenvalue weighted by Gasteiger charge is -2.14. The topological polar surface area (TPSA) is 61.3 Å². The zero-order chi connectivity index (χ0) is 17.2. The molecule has 1 atom stereocenters. The average molecular weight is 330 g/mol. The van der Waals surface area contributed by atoms with Crippen molar-refractivity contribution in [3.8, 4) is 17.2 Å². The lowest BCUT2D eigenvalue weighted by Crippen LogP contribution is -2.04. The van der Waals surface area contributed by atoms with Gasteiger partial charge in [-0.1, -0.05) is 30.3 Å². The van der Waals surface area contributed by atoms with Gasteiger partial charge < -0.3 is 14.9 Å². The van der Waals surface area contributed by atoms with E-state index in [0.29, 0.717) is 5.89 Å². The molecule has 0 saturated heterocycles. The van der Waals surface area contributed by atoms with Gasteiger partial charge in [0.15, 0.2) is 0 Å². The van der Waals surface area contributed by atoms with E-state index in [9.17, 15) is 0 Å². The van der Waals surface area contributed by atoms with E-state index in [2.05, 4.69) is 4.98 Å². The Morgan fingerprint density at radius 2 is 1.84 bits per heavy atom.